The summed E-state index contributed by atoms with van der Waals surface area (Å²) >= 11 is 0. The highest BCUT2D eigenvalue weighted by atomic mass is 16.6. The lowest BCUT2D eigenvalue weighted by atomic mass is 9.90. The highest BCUT2D eigenvalue weighted by Crippen LogP contribution is 2.23. The molecular weight excluding hydrogens is 290 g/mol. The van der Waals surface area contributed by atoms with Gasteiger partial charge in [-0.25, -0.2) is 4.79 Å². The summed E-state index contributed by atoms with van der Waals surface area (Å²) in [6.45, 7) is 8.77. The minimum absolute atomic E-state index is 0.0993. The number of amides is 1. The Bertz CT molecular complexity index is 549. The van der Waals surface area contributed by atoms with Crippen molar-refractivity contribution in [2.24, 2.45) is 5.92 Å². The van der Waals surface area contributed by atoms with Crippen LogP contribution in [0.5, 0.6) is 0 Å². The van der Waals surface area contributed by atoms with Crippen LogP contribution >= 0.6 is 0 Å². The van der Waals surface area contributed by atoms with Crippen LogP contribution in [0.25, 0.3) is 0 Å². The molecule has 1 amide bonds. The summed E-state index contributed by atoms with van der Waals surface area (Å²) in [5, 5.41) is 0. The maximum absolute atomic E-state index is 12.1. The Labute approximate surface area is 138 Å². The van der Waals surface area contributed by atoms with E-state index in [2.05, 4.69) is 0 Å². The number of ketones is 1. The Balaban J connectivity index is 1.82. The topological polar surface area (TPSA) is 46.6 Å². The molecule has 0 bridgehead atoms. The third-order valence-corrected chi connectivity index (χ3v) is 4.15. The molecule has 1 aromatic carbocycles. The van der Waals surface area contributed by atoms with Crippen LogP contribution < -0.4 is 0 Å². The molecule has 0 N–H and O–H groups in total. The molecule has 4 nitrogen and oxygen atoms in total. The van der Waals surface area contributed by atoms with Crippen molar-refractivity contribution in [1.82, 2.24) is 4.90 Å². The van der Waals surface area contributed by atoms with Crippen molar-refractivity contribution < 1.29 is 14.3 Å². The molecule has 0 unspecified atom stereocenters. The van der Waals surface area contributed by atoms with Crippen LogP contribution in [0.1, 0.15) is 56.5 Å². The van der Waals surface area contributed by atoms with Crippen molar-refractivity contribution in [3.05, 3.63) is 35.4 Å². The second-order valence-electron chi connectivity index (χ2n) is 7.37. The smallest absolute Gasteiger partial charge is 0.410 e. The lowest BCUT2D eigenvalue weighted by Crippen LogP contribution is -2.42. The Hall–Kier alpha value is -1.84. The van der Waals surface area contributed by atoms with Gasteiger partial charge in [-0.2, -0.15) is 0 Å². The molecule has 0 radical (unpaired) electrons. The lowest BCUT2D eigenvalue weighted by Gasteiger charge is -2.33. The van der Waals surface area contributed by atoms with Crippen LogP contribution in [0.4, 0.5) is 4.79 Å². The van der Waals surface area contributed by atoms with Crippen LogP contribution in [-0.2, 0) is 11.2 Å². The van der Waals surface area contributed by atoms with Gasteiger partial charge in [0.05, 0.1) is 0 Å². The van der Waals surface area contributed by atoms with Crippen molar-refractivity contribution in [3.63, 3.8) is 0 Å². The zero-order valence-electron chi connectivity index (χ0n) is 14.6. The molecule has 0 aliphatic carbocycles. The fourth-order valence-corrected chi connectivity index (χ4v) is 2.86. The van der Waals surface area contributed by atoms with Gasteiger partial charge in [0, 0.05) is 18.7 Å². The Morgan fingerprint density at radius 3 is 2.17 bits per heavy atom. The van der Waals surface area contributed by atoms with Gasteiger partial charge >= 0.3 is 6.09 Å². The van der Waals surface area contributed by atoms with Gasteiger partial charge in [-0.1, -0.05) is 24.3 Å². The van der Waals surface area contributed by atoms with E-state index < -0.39 is 5.60 Å². The predicted octanol–water partition coefficient (Wildman–Crippen LogP) is 4.08. The van der Waals surface area contributed by atoms with Crippen LogP contribution in [-0.4, -0.2) is 35.5 Å². The molecule has 0 saturated carbocycles. The number of carbonyl (C=O) groups excluding carboxylic acids is 2. The first-order chi connectivity index (χ1) is 10.7. The van der Waals surface area contributed by atoms with Gasteiger partial charge in [0.1, 0.15) is 5.60 Å². The number of carbonyl (C=O) groups is 2. The van der Waals surface area contributed by atoms with Crippen molar-refractivity contribution in [2.45, 2.75) is 52.6 Å². The van der Waals surface area contributed by atoms with E-state index in [1.54, 1.807) is 11.8 Å². The first-order valence-electron chi connectivity index (χ1n) is 8.32. The van der Waals surface area contributed by atoms with Gasteiger partial charge in [0.2, 0.25) is 0 Å². The molecule has 0 spiro atoms. The molecule has 2 rings (SSSR count). The molecule has 23 heavy (non-hydrogen) atoms. The van der Waals surface area contributed by atoms with E-state index in [1.807, 2.05) is 45.0 Å². The minimum atomic E-state index is -0.438. The van der Waals surface area contributed by atoms with Crippen molar-refractivity contribution in [3.8, 4) is 0 Å². The summed E-state index contributed by atoms with van der Waals surface area (Å²) in [7, 11) is 0. The number of rotatable bonds is 3. The SMILES string of the molecule is CC(=O)c1ccc(CC2CCN(C(=O)OC(C)(C)C)CC2)cc1. The zero-order chi connectivity index (χ0) is 17.0. The first-order valence-corrected chi connectivity index (χ1v) is 8.32. The van der Waals surface area contributed by atoms with Crippen molar-refractivity contribution in [1.29, 1.82) is 0 Å². The standard InChI is InChI=1S/C19H27NO3/c1-14(21)17-7-5-15(6-8-17)13-16-9-11-20(12-10-16)18(22)23-19(2,3)4/h5-8,16H,9-13H2,1-4H3. The predicted molar refractivity (Wildman–Crippen MR) is 90.7 cm³/mol. The Morgan fingerprint density at radius 2 is 1.70 bits per heavy atom. The maximum atomic E-state index is 12.1. The fraction of sp³-hybridized carbons (Fsp3) is 0.579. The Kier molecular flexibility index (Phi) is 5.45. The average molecular weight is 317 g/mol. The number of nitrogens with zero attached hydrogens (tertiary/aromatic N) is 1. The molecule has 1 aromatic rings. The van der Waals surface area contributed by atoms with Crippen LogP contribution in [0.15, 0.2) is 24.3 Å². The summed E-state index contributed by atoms with van der Waals surface area (Å²) in [4.78, 5) is 25.2. The van der Waals surface area contributed by atoms with Crippen LogP contribution in [0, 0.1) is 5.92 Å². The molecule has 126 valence electrons. The fourth-order valence-electron chi connectivity index (χ4n) is 2.86. The van der Waals surface area contributed by atoms with E-state index in [0.29, 0.717) is 5.92 Å². The molecule has 0 aromatic heterocycles. The molecule has 1 heterocycles. The van der Waals surface area contributed by atoms with Gasteiger partial charge in [0.15, 0.2) is 5.78 Å². The normalized spacial score (nSPS) is 16.3. The second kappa shape index (κ2) is 7.16. The lowest BCUT2D eigenvalue weighted by molar-refractivity contribution is 0.0184. The van der Waals surface area contributed by atoms with E-state index in [9.17, 15) is 9.59 Å². The first kappa shape index (κ1) is 17.5. The zero-order valence-corrected chi connectivity index (χ0v) is 14.6. The van der Waals surface area contributed by atoms with Crippen LogP contribution in [0.2, 0.25) is 0 Å². The highest BCUT2D eigenvalue weighted by molar-refractivity contribution is 5.94. The quantitative estimate of drug-likeness (QED) is 0.789. The maximum Gasteiger partial charge on any atom is 0.410 e. The average Bonchev–Trinajstić information content (AvgIpc) is 2.46. The molecular formula is C19H27NO3. The summed E-state index contributed by atoms with van der Waals surface area (Å²) < 4.78 is 5.42. The third kappa shape index (κ3) is 5.38. The largest absolute Gasteiger partial charge is 0.444 e. The Morgan fingerprint density at radius 1 is 1.13 bits per heavy atom. The molecule has 4 heteroatoms. The number of likely N-dealkylation sites (tertiary alicyclic amines) is 1. The monoisotopic (exact) mass is 317 g/mol. The van der Waals surface area contributed by atoms with Gasteiger partial charge in [-0.05, 0) is 58.4 Å². The second-order valence-corrected chi connectivity index (χ2v) is 7.37. The van der Waals surface area contributed by atoms with Crippen LogP contribution in [0.3, 0.4) is 0 Å². The van der Waals surface area contributed by atoms with E-state index in [4.69, 9.17) is 4.74 Å². The summed E-state index contributed by atoms with van der Waals surface area (Å²) in [6, 6.07) is 7.87. The number of benzene rings is 1. The van der Waals surface area contributed by atoms with Crippen molar-refractivity contribution in [2.75, 3.05) is 13.1 Å². The van der Waals surface area contributed by atoms with E-state index in [1.165, 1.54) is 5.56 Å². The minimum Gasteiger partial charge on any atom is -0.444 e. The van der Waals surface area contributed by atoms with E-state index in [-0.39, 0.29) is 11.9 Å². The van der Waals surface area contributed by atoms with Gasteiger partial charge in [-0.3, -0.25) is 4.79 Å². The molecule has 1 saturated heterocycles. The molecule has 1 fully saturated rings. The number of piperidine rings is 1. The summed E-state index contributed by atoms with van der Waals surface area (Å²) in [6.07, 6.45) is 2.78. The number of hydrogen-bond acceptors (Lipinski definition) is 3. The number of hydrogen-bond donors (Lipinski definition) is 0. The molecule has 1 aliphatic rings. The van der Waals surface area contributed by atoms with E-state index in [0.717, 1.165) is 37.9 Å². The highest BCUT2D eigenvalue weighted by Gasteiger charge is 2.26. The molecule has 1 aliphatic heterocycles. The molecule has 0 atom stereocenters. The van der Waals surface area contributed by atoms with E-state index >= 15 is 0 Å². The van der Waals surface area contributed by atoms with Gasteiger partial charge in [-0.15, -0.1) is 0 Å². The summed E-state index contributed by atoms with van der Waals surface area (Å²) in [5.74, 6) is 0.680. The number of ether oxygens (including phenoxy) is 1. The van der Waals surface area contributed by atoms with Gasteiger partial charge in [0.25, 0.3) is 0 Å². The number of Topliss-reactive ketones (excluding diaryl/α,β-unsaturated/α-hetero) is 1. The summed E-state index contributed by atoms with van der Waals surface area (Å²) in [5.41, 5.74) is 1.58. The van der Waals surface area contributed by atoms with Gasteiger partial charge < -0.3 is 9.64 Å². The van der Waals surface area contributed by atoms with Crippen molar-refractivity contribution >= 4 is 11.9 Å². The third-order valence-electron chi connectivity index (χ3n) is 4.15.